The Kier molecular flexibility index (Phi) is 5.41. The van der Waals surface area contributed by atoms with E-state index in [0.29, 0.717) is 23.4 Å². The van der Waals surface area contributed by atoms with Crippen molar-refractivity contribution in [2.45, 2.75) is 13.8 Å². The van der Waals surface area contributed by atoms with E-state index < -0.39 is 0 Å². The Labute approximate surface area is 158 Å². The molecular weight excluding hydrogens is 340 g/mol. The third kappa shape index (κ3) is 3.77. The fourth-order valence-corrected chi connectivity index (χ4v) is 2.92. The van der Waals surface area contributed by atoms with Gasteiger partial charge < -0.3 is 10.1 Å². The van der Waals surface area contributed by atoms with Crippen molar-refractivity contribution in [2.24, 2.45) is 0 Å². The molecule has 1 N–H and O–H groups in total. The summed E-state index contributed by atoms with van der Waals surface area (Å²) in [6.45, 7) is 8.28. The largest absolute Gasteiger partial charge is 0.494 e. The van der Waals surface area contributed by atoms with Gasteiger partial charge >= 0.3 is 0 Å². The normalized spacial score (nSPS) is 13.9. The summed E-state index contributed by atoms with van der Waals surface area (Å²) in [4.78, 5) is 26.9. The lowest BCUT2D eigenvalue weighted by atomic mass is 10.0. The predicted octanol–water partition coefficient (Wildman–Crippen LogP) is 3.77. The lowest BCUT2D eigenvalue weighted by Crippen LogP contribution is -2.32. The van der Waals surface area contributed by atoms with Crippen LogP contribution in [0.25, 0.3) is 5.57 Å². The lowest BCUT2D eigenvalue weighted by Gasteiger charge is -2.12. The number of ether oxygens (including phenoxy) is 1. The van der Waals surface area contributed by atoms with Gasteiger partial charge in [0.2, 0.25) is 0 Å². The Bertz CT molecular complexity index is 896. The molecule has 5 heteroatoms. The van der Waals surface area contributed by atoms with Crippen molar-refractivity contribution < 1.29 is 14.3 Å². The van der Waals surface area contributed by atoms with E-state index in [2.05, 4.69) is 11.9 Å². The number of nitrogens with one attached hydrogen (secondary N) is 1. The number of benzene rings is 2. The second kappa shape index (κ2) is 7.91. The van der Waals surface area contributed by atoms with Gasteiger partial charge in [-0.25, -0.2) is 0 Å². The van der Waals surface area contributed by atoms with Gasteiger partial charge in [0, 0.05) is 12.2 Å². The summed E-state index contributed by atoms with van der Waals surface area (Å²) in [5.41, 5.74) is 3.14. The molecule has 1 aliphatic heterocycles. The van der Waals surface area contributed by atoms with Crippen LogP contribution in [0.2, 0.25) is 0 Å². The molecule has 3 rings (SSSR count). The standard InChI is InChI=1S/C22H22N2O3/c1-4-14-24-21(25)19(16-8-6-15(3)7-9-16)20(22(24)26)23-17-10-12-18(13-11-17)27-5-2/h4,6-13,23H,1,5,14H2,2-3H3. The van der Waals surface area contributed by atoms with Crippen molar-refractivity contribution in [3.05, 3.63) is 78.0 Å². The monoisotopic (exact) mass is 362 g/mol. The van der Waals surface area contributed by atoms with Crippen LogP contribution in [0.4, 0.5) is 5.69 Å². The number of imide groups is 1. The Hall–Kier alpha value is -3.34. The van der Waals surface area contributed by atoms with Crippen molar-refractivity contribution in [3.63, 3.8) is 0 Å². The maximum absolute atomic E-state index is 12.9. The molecule has 0 fully saturated rings. The number of hydrogen-bond donors (Lipinski definition) is 1. The predicted molar refractivity (Wildman–Crippen MR) is 106 cm³/mol. The van der Waals surface area contributed by atoms with Crippen molar-refractivity contribution in [1.29, 1.82) is 0 Å². The first-order chi connectivity index (χ1) is 13.0. The topological polar surface area (TPSA) is 58.6 Å². The SMILES string of the molecule is C=CCN1C(=O)C(Nc2ccc(OCC)cc2)=C(c2ccc(C)cc2)C1=O. The summed E-state index contributed by atoms with van der Waals surface area (Å²) >= 11 is 0. The highest BCUT2D eigenvalue weighted by Crippen LogP contribution is 2.31. The molecule has 27 heavy (non-hydrogen) atoms. The zero-order valence-electron chi connectivity index (χ0n) is 15.5. The molecule has 0 unspecified atom stereocenters. The van der Waals surface area contributed by atoms with Crippen LogP contribution >= 0.6 is 0 Å². The molecule has 0 saturated carbocycles. The molecular formula is C22H22N2O3. The van der Waals surface area contributed by atoms with E-state index in [0.717, 1.165) is 11.3 Å². The van der Waals surface area contributed by atoms with Gasteiger partial charge in [-0.15, -0.1) is 6.58 Å². The van der Waals surface area contributed by atoms with Gasteiger partial charge in [-0.2, -0.15) is 0 Å². The van der Waals surface area contributed by atoms with Crippen molar-refractivity contribution >= 4 is 23.1 Å². The number of carbonyl (C=O) groups is 2. The summed E-state index contributed by atoms with van der Waals surface area (Å²) in [6, 6.07) is 14.8. The highest BCUT2D eigenvalue weighted by atomic mass is 16.5. The van der Waals surface area contributed by atoms with Crippen LogP contribution in [-0.4, -0.2) is 29.9 Å². The van der Waals surface area contributed by atoms with Crippen LogP contribution in [0.1, 0.15) is 18.1 Å². The van der Waals surface area contributed by atoms with Crippen molar-refractivity contribution in [1.82, 2.24) is 4.90 Å². The van der Waals surface area contributed by atoms with Crippen molar-refractivity contribution in [3.8, 4) is 5.75 Å². The molecule has 0 aromatic heterocycles. The van der Waals surface area contributed by atoms with Crippen LogP contribution in [0, 0.1) is 6.92 Å². The average molecular weight is 362 g/mol. The zero-order valence-corrected chi connectivity index (χ0v) is 15.5. The number of rotatable bonds is 7. The lowest BCUT2D eigenvalue weighted by molar-refractivity contribution is -0.136. The Morgan fingerprint density at radius 3 is 2.30 bits per heavy atom. The molecule has 1 aliphatic rings. The first kappa shape index (κ1) is 18.5. The van der Waals surface area contributed by atoms with Gasteiger partial charge in [0.05, 0.1) is 12.2 Å². The Morgan fingerprint density at radius 2 is 1.70 bits per heavy atom. The fourth-order valence-electron chi connectivity index (χ4n) is 2.92. The first-order valence-corrected chi connectivity index (χ1v) is 8.83. The third-order valence-electron chi connectivity index (χ3n) is 4.25. The molecule has 1 heterocycles. The number of hydrogen-bond acceptors (Lipinski definition) is 4. The molecule has 2 aromatic rings. The Morgan fingerprint density at radius 1 is 1.04 bits per heavy atom. The molecule has 2 aromatic carbocycles. The zero-order chi connectivity index (χ0) is 19.4. The van der Waals surface area contributed by atoms with Crippen LogP contribution in [0.5, 0.6) is 5.75 Å². The van der Waals surface area contributed by atoms with Crippen molar-refractivity contribution in [2.75, 3.05) is 18.5 Å². The van der Waals surface area contributed by atoms with Gasteiger partial charge in [-0.05, 0) is 43.7 Å². The molecule has 0 saturated heterocycles. The maximum Gasteiger partial charge on any atom is 0.278 e. The summed E-state index contributed by atoms with van der Waals surface area (Å²) in [7, 11) is 0. The van der Waals surface area contributed by atoms with Gasteiger partial charge in [-0.1, -0.05) is 35.9 Å². The Balaban J connectivity index is 1.99. The highest BCUT2D eigenvalue weighted by molar-refractivity contribution is 6.36. The summed E-state index contributed by atoms with van der Waals surface area (Å²) in [6.07, 6.45) is 1.54. The third-order valence-corrected chi connectivity index (χ3v) is 4.25. The molecule has 0 spiro atoms. The molecule has 0 atom stereocenters. The van der Waals surface area contributed by atoms with E-state index in [-0.39, 0.29) is 24.1 Å². The number of anilines is 1. The van der Waals surface area contributed by atoms with Crippen LogP contribution in [0.3, 0.4) is 0 Å². The molecule has 0 aliphatic carbocycles. The van der Waals surface area contributed by atoms with Gasteiger partial charge in [0.25, 0.3) is 11.8 Å². The molecule has 0 radical (unpaired) electrons. The summed E-state index contributed by atoms with van der Waals surface area (Å²) in [5.74, 6) is 0.0689. The van der Waals surface area contributed by atoms with E-state index in [9.17, 15) is 9.59 Å². The molecule has 138 valence electrons. The minimum atomic E-state index is -0.357. The number of aryl methyl sites for hydroxylation is 1. The fraction of sp³-hybridized carbons (Fsp3) is 0.182. The molecule has 5 nitrogen and oxygen atoms in total. The molecule has 2 amide bonds. The van der Waals surface area contributed by atoms with E-state index in [1.54, 1.807) is 6.08 Å². The van der Waals surface area contributed by atoms with E-state index in [1.165, 1.54) is 4.90 Å². The second-order valence-electron chi connectivity index (χ2n) is 6.21. The van der Waals surface area contributed by atoms with Crippen LogP contribution in [0.15, 0.2) is 66.9 Å². The average Bonchev–Trinajstić information content (AvgIpc) is 2.89. The minimum absolute atomic E-state index is 0.168. The van der Waals surface area contributed by atoms with Crippen LogP contribution in [-0.2, 0) is 9.59 Å². The number of nitrogens with zero attached hydrogens (tertiary/aromatic N) is 1. The van der Waals surface area contributed by atoms with E-state index in [4.69, 9.17) is 4.74 Å². The van der Waals surface area contributed by atoms with E-state index in [1.807, 2.05) is 62.4 Å². The van der Waals surface area contributed by atoms with Crippen LogP contribution < -0.4 is 10.1 Å². The minimum Gasteiger partial charge on any atom is -0.494 e. The number of amides is 2. The quantitative estimate of drug-likeness (QED) is 0.602. The smallest absolute Gasteiger partial charge is 0.278 e. The molecule has 0 bridgehead atoms. The van der Waals surface area contributed by atoms with Gasteiger partial charge in [-0.3, -0.25) is 14.5 Å². The second-order valence-corrected chi connectivity index (χ2v) is 6.21. The summed E-state index contributed by atoms with van der Waals surface area (Å²) < 4.78 is 5.44. The van der Waals surface area contributed by atoms with Gasteiger partial charge in [0.15, 0.2) is 0 Å². The van der Waals surface area contributed by atoms with E-state index >= 15 is 0 Å². The first-order valence-electron chi connectivity index (χ1n) is 8.83. The summed E-state index contributed by atoms with van der Waals surface area (Å²) in [5, 5.41) is 3.12. The number of carbonyl (C=O) groups excluding carboxylic acids is 2. The highest BCUT2D eigenvalue weighted by Gasteiger charge is 2.38. The van der Waals surface area contributed by atoms with Gasteiger partial charge in [0.1, 0.15) is 11.4 Å². The maximum atomic E-state index is 12.9.